The van der Waals surface area contributed by atoms with E-state index in [0.29, 0.717) is 17.8 Å². The molecule has 2 fully saturated rings. The van der Waals surface area contributed by atoms with Gasteiger partial charge in [0.1, 0.15) is 0 Å². The van der Waals surface area contributed by atoms with Gasteiger partial charge in [-0.15, -0.1) is 5.10 Å². The van der Waals surface area contributed by atoms with E-state index in [2.05, 4.69) is 15.6 Å². The van der Waals surface area contributed by atoms with Gasteiger partial charge >= 0.3 is 0 Å². The van der Waals surface area contributed by atoms with E-state index in [-0.39, 0.29) is 5.91 Å². The first kappa shape index (κ1) is 11.6. The molecule has 6 heteroatoms. The summed E-state index contributed by atoms with van der Waals surface area (Å²) in [7, 11) is 1.88. The Morgan fingerprint density at radius 2 is 2.17 bits per heavy atom. The van der Waals surface area contributed by atoms with Crippen LogP contribution in [0.2, 0.25) is 0 Å². The number of hydrogen-bond acceptors (Lipinski definition) is 4. The molecule has 2 heterocycles. The summed E-state index contributed by atoms with van der Waals surface area (Å²) in [5.74, 6) is 0.000401. The maximum Gasteiger partial charge on any atom is 0.276 e. The summed E-state index contributed by atoms with van der Waals surface area (Å²) in [5, 5.41) is 11.2. The Balaban J connectivity index is 1.69. The summed E-state index contributed by atoms with van der Waals surface area (Å²) in [6.07, 6.45) is 6.45. The molecule has 0 atom stereocenters. The molecule has 2 aliphatic rings. The van der Waals surface area contributed by atoms with Crippen LogP contribution in [0.4, 0.5) is 0 Å². The Bertz CT molecular complexity index is 433. The molecule has 98 valence electrons. The minimum absolute atomic E-state index is 0.000401. The largest absolute Gasteiger partial charge is 0.337 e. The Labute approximate surface area is 106 Å². The molecular weight excluding hydrogens is 230 g/mol. The molecular formula is C12H19N5O. The predicted molar refractivity (Wildman–Crippen MR) is 66.3 cm³/mol. The van der Waals surface area contributed by atoms with Crippen LogP contribution >= 0.6 is 0 Å². The molecule has 0 bridgehead atoms. The Hall–Kier alpha value is -1.43. The summed E-state index contributed by atoms with van der Waals surface area (Å²) in [6.45, 7) is 1.82. The first-order chi connectivity index (χ1) is 8.75. The van der Waals surface area contributed by atoms with E-state index in [0.717, 1.165) is 25.9 Å². The Morgan fingerprint density at radius 1 is 1.44 bits per heavy atom. The average Bonchev–Trinajstić information content (AvgIpc) is 2.95. The van der Waals surface area contributed by atoms with Gasteiger partial charge in [0.25, 0.3) is 5.91 Å². The van der Waals surface area contributed by atoms with Crippen molar-refractivity contribution in [2.24, 2.45) is 0 Å². The van der Waals surface area contributed by atoms with E-state index < -0.39 is 0 Å². The van der Waals surface area contributed by atoms with E-state index in [9.17, 15) is 4.79 Å². The van der Waals surface area contributed by atoms with Crippen molar-refractivity contribution in [2.45, 2.75) is 37.8 Å². The zero-order valence-corrected chi connectivity index (χ0v) is 10.7. The Morgan fingerprint density at radius 3 is 2.78 bits per heavy atom. The predicted octanol–water partition coefficient (Wildman–Crippen LogP) is 0.437. The highest BCUT2D eigenvalue weighted by Gasteiger charge is 2.27. The van der Waals surface area contributed by atoms with Crippen molar-refractivity contribution in [3.8, 4) is 0 Å². The van der Waals surface area contributed by atoms with Gasteiger partial charge in [-0.3, -0.25) is 4.79 Å². The number of carbonyl (C=O) groups is 1. The average molecular weight is 249 g/mol. The van der Waals surface area contributed by atoms with Crippen LogP contribution in [-0.4, -0.2) is 52.0 Å². The SMILES string of the molecule is CN(C(=O)c1cn(C2CNC2)nn1)C1CCCC1. The van der Waals surface area contributed by atoms with Gasteiger partial charge in [-0.1, -0.05) is 18.1 Å². The number of rotatable bonds is 3. The molecule has 1 aliphatic carbocycles. The van der Waals surface area contributed by atoms with Gasteiger partial charge in [-0.05, 0) is 12.8 Å². The molecule has 1 saturated carbocycles. The van der Waals surface area contributed by atoms with Crippen LogP contribution in [-0.2, 0) is 0 Å². The van der Waals surface area contributed by atoms with Crippen LogP contribution in [0, 0.1) is 0 Å². The molecule has 0 radical (unpaired) electrons. The van der Waals surface area contributed by atoms with Gasteiger partial charge in [0.15, 0.2) is 5.69 Å². The van der Waals surface area contributed by atoms with Crippen molar-refractivity contribution >= 4 is 5.91 Å². The fourth-order valence-corrected chi connectivity index (χ4v) is 2.65. The highest BCUT2D eigenvalue weighted by molar-refractivity contribution is 5.92. The fourth-order valence-electron chi connectivity index (χ4n) is 2.65. The van der Waals surface area contributed by atoms with E-state index in [4.69, 9.17) is 0 Å². The summed E-state index contributed by atoms with van der Waals surface area (Å²) in [4.78, 5) is 14.1. The van der Waals surface area contributed by atoms with E-state index >= 15 is 0 Å². The lowest BCUT2D eigenvalue weighted by atomic mass is 10.2. The normalized spacial score (nSPS) is 20.9. The van der Waals surface area contributed by atoms with Crippen molar-refractivity contribution in [3.05, 3.63) is 11.9 Å². The van der Waals surface area contributed by atoms with Gasteiger partial charge in [0.05, 0.1) is 12.2 Å². The number of amides is 1. The first-order valence-corrected chi connectivity index (χ1v) is 6.65. The monoisotopic (exact) mass is 249 g/mol. The third kappa shape index (κ3) is 2.01. The fraction of sp³-hybridized carbons (Fsp3) is 0.750. The minimum Gasteiger partial charge on any atom is -0.337 e. The van der Waals surface area contributed by atoms with E-state index in [1.54, 1.807) is 10.9 Å². The van der Waals surface area contributed by atoms with Gasteiger partial charge in [-0.2, -0.15) is 0 Å². The molecule has 1 aromatic heterocycles. The standard InChI is InChI=1S/C12H19N5O/c1-16(9-4-2-3-5-9)12(18)11-8-17(15-14-11)10-6-13-7-10/h8-10,13H,2-7H2,1H3. The summed E-state index contributed by atoms with van der Waals surface area (Å²) in [5.41, 5.74) is 0.469. The second-order valence-corrected chi connectivity index (χ2v) is 5.25. The molecule has 0 spiro atoms. The van der Waals surface area contributed by atoms with Crippen LogP contribution in [0.3, 0.4) is 0 Å². The molecule has 6 nitrogen and oxygen atoms in total. The molecule has 3 rings (SSSR count). The second kappa shape index (κ2) is 4.68. The van der Waals surface area contributed by atoms with Crippen molar-refractivity contribution in [3.63, 3.8) is 0 Å². The number of aromatic nitrogens is 3. The van der Waals surface area contributed by atoms with Crippen LogP contribution in [0.15, 0.2) is 6.20 Å². The number of carbonyl (C=O) groups excluding carboxylic acids is 1. The van der Waals surface area contributed by atoms with Crippen molar-refractivity contribution in [1.29, 1.82) is 0 Å². The number of hydrogen-bond donors (Lipinski definition) is 1. The van der Waals surface area contributed by atoms with E-state index in [1.807, 2.05) is 11.9 Å². The van der Waals surface area contributed by atoms with Gasteiger partial charge in [0.2, 0.25) is 0 Å². The lowest BCUT2D eigenvalue weighted by Gasteiger charge is -2.26. The minimum atomic E-state index is 0.000401. The number of nitrogens with one attached hydrogen (secondary N) is 1. The smallest absolute Gasteiger partial charge is 0.276 e. The number of nitrogens with zero attached hydrogens (tertiary/aromatic N) is 4. The third-order valence-corrected chi connectivity index (χ3v) is 4.06. The van der Waals surface area contributed by atoms with Crippen molar-refractivity contribution < 1.29 is 4.79 Å². The zero-order valence-electron chi connectivity index (χ0n) is 10.7. The third-order valence-electron chi connectivity index (χ3n) is 4.06. The summed E-state index contributed by atoms with van der Waals surface area (Å²) < 4.78 is 1.80. The molecule has 1 aromatic rings. The van der Waals surface area contributed by atoms with Crippen LogP contribution < -0.4 is 5.32 Å². The molecule has 0 aromatic carbocycles. The quantitative estimate of drug-likeness (QED) is 0.844. The Kier molecular flexibility index (Phi) is 3.03. The van der Waals surface area contributed by atoms with Crippen LogP contribution in [0.1, 0.15) is 42.2 Å². The zero-order chi connectivity index (χ0) is 12.5. The van der Waals surface area contributed by atoms with Crippen molar-refractivity contribution in [2.75, 3.05) is 20.1 Å². The lowest BCUT2D eigenvalue weighted by molar-refractivity contribution is 0.0729. The van der Waals surface area contributed by atoms with Gasteiger partial charge in [0, 0.05) is 26.2 Å². The van der Waals surface area contributed by atoms with Crippen LogP contribution in [0.5, 0.6) is 0 Å². The molecule has 1 aliphatic heterocycles. The van der Waals surface area contributed by atoms with Crippen molar-refractivity contribution in [1.82, 2.24) is 25.2 Å². The molecule has 0 unspecified atom stereocenters. The second-order valence-electron chi connectivity index (χ2n) is 5.25. The van der Waals surface area contributed by atoms with E-state index in [1.165, 1.54) is 12.8 Å². The highest BCUT2D eigenvalue weighted by Crippen LogP contribution is 2.23. The maximum atomic E-state index is 12.3. The molecule has 1 amide bonds. The van der Waals surface area contributed by atoms with Gasteiger partial charge < -0.3 is 10.2 Å². The summed E-state index contributed by atoms with van der Waals surface area (Å²) in [6, 6.07) is 0.740. The first-order valence-electron chi connectivity index (χ1n) is 6.65. The van der Waals surface area contributed by atoms with Crippen LogP contribution in [0.25, 0.3) is 0 Å². The highest BCUT2D eigenvalue weighted by atomic mass is 16.2. The van der Waals surface area contributed by atoms with Gasteiger partial charge in [-0.25, -0.2) is 4.68 Å². The maximum absolute atomic E-state index is 12.3. The molecule has 18 heavy (non-hydrogen) atoms. The molecule has 1 saturated heterocycles. The topological polar surface area (TPSA) is 63.1 Å². The molecule has 1 N–H and O–H groups in total. The lowest BCUT2D eigenvalue weighted by Crippen LogP contribution is -2.43. The summed E-state index contributed by atoms with van der Waals surface area (Å²) >= 11 is 0.